The van der Waals surface area contributed by atoms with Crippen molar-refractivity contribution in [1.82, 2.24) is 4.90 Å². The number of hydrogen-bond acceptors (Lipinski definition) is 3. The summed E-state index contributed by atoms with van der Waals surface area (Å²) in [6, 6.07) is 14.7. The van der Waals surface area contributed by atoms with Gasteiger partial charge in [0.1, 0.15) is 5.82 Å². The first-order valence-corrected chi connectivity index (χ1v) is 8.85. The van der Waals surface area contributed by atoms with Gasteiger partial charge in [0.05, 0.1) is 11.6 Å². The van der Waals surface area contributed by atoms with Gasteiger partial charge in [-0.25, -0.2) is 4.39 Å². The summed E-state index contributed by atoms with van der Waals surface area (Å²) in [5.41, 5.74) is 2.99. The molecule has 0 aliphatic carbocycles. The lowest BCUT2D eigenvalue weighted by Gasteiger charge is -2.41. The second kappa shape index (κ2) is 6.62. The van der Waals surface area contributed by atoms with E-state index in [4.69, 9.17) is 0 Å². The molecule has 0 radical (unpaired) electrons. The Labute approximate surface area is 147 Å². The van der Waals surface area contributed by atoms with Gasteiger partial charge in [0.15, 0.2) is 0 Å². The number of piperidine rings is 1. The van der Waals surface area contributed by atoms with Gasteiger partial charge in [-0.15, -0.1) is 0 Å². The number of anilines is 1. The zero-order chi connectivity index (χ0) is 17.3. The van der Waals surface area contributed by atoms with Crippen LogP contribution in [0.5, 0.6) is 0 Å². The Kier molecular flexibility index (Phi) is 4.32. The second-order valence-electron chi connectivity index (χ2n) is 7.07. The summed E-state index contributed by atoms with van der Waals surface area (Å²) in [5, 5.41) is 14.0. The topological polar surface area (TPSA) is 35.5 Å². The lowest BCUT2D eigenvalue weighted by Crippen LogP contribution is -2.47. The largest absolute Gasteiger partial charge is 0.384 e. The molecule has 2 aromatic carbocycles. The summed E-state index contributed by atoms with van der Waals surface area (Å²) in [6.45, 7) is 2.78. The number of nitrogens with zero attached hydrogens (tertiary/aromatic N) is 1. The van der Waals surface area contributed by atoms with Crippen LogP contribution in [-0.4, -0.2) is 28.6 Å². The Morgan fingerprint density at radius 2 is 1.80 bits per heavy atom. The van der Waals surface area contributed by atoms with Gasteiger partial charge >= 0.3 is 0 Å². The van der Waals surface area contributed by atoms with Crippen molar-refractivity contribution in [1.29, 1.82) is 0 Å². The average molecular weight is 338 g/mol. The number of rotatable bonds is 2. The van der Waals surface area contributed by atoms with Crippen LogP contribution in [0.1, 0.15) is 30.1 Å². The Bertz CT molecular complexity index is 764. The second-order valence-corrected chi connectivity index (χ2v) is 7.07. The van der Waals surface area contributed by atoms with E-state index < -0.39 is 6.10 Å². The van der Waals surface area contributed by atoms with Crippen LogP contribution in [0.2, 0.25) is 0 Å². The van der Waals surface area contributed by atoms with Crippen molar-refractivity contribution in [2.45, 2.75) is 31.0 Å². The van der Waals surface area contributed by atoms with Gasteiger partial charge in [0, 0.05) is 30.9 Å². The highest BCUT2D eigenvalue weighted by molar-refractivity contribution is 5.57. The molecule has 0 amide bonds. The van der Waals surface area contributed by atoms with Crippen LogP contribution in [0.4, 0.5) is 10.1 Å². The van der Waals surface area contributed by atoms with E-state index in [1.807, 2.05) is 42.5 Å². The minimum absolute atomic E-state index is 0.104. The predicted molar refractivity (Wildman–Crippen MR) is 97.8 cm³/mol. The van der Waals surface area contributed by atoms with Crippen molar-refractivity contribution >= 4 is 5.69 Å². The van der Waals surface area contributed by atoms with Crippen LogP contribution in [0.3, 0.4) is 0 Å². The minimum atomic E-state index is -0.555. The van der Waals surface area contributed by atoms with Gasteiger partial charge in [0.2, 0.25) is 0 Å². The maximum absolute atomic E-state index is 13.0. The molecular formula is C21H23FN2O. The van der Waals surface area contributed by atoms with Gasteiger partial charge in [-0.2, -0.15) is 0 Å². The molecule has 4 heteroatoms. The zero-order valence-corrected chi connectivity index (χ0v) is 14.2. The van der Waals surface area contributed by atoms with E-state index in [0.717, 1.165) is 49.3 Å². The van der Waals surface area contributed by atoms with Gasteiger partial charge in [-0.3, -0.25) is 4.90 Å². The molecular weight excluding hydrogens is 315 g/mol. The van der Waals surface area contributed by atoms with Gasteiger partial charge in [-0.05, 0) is 36.6 Å². The van der Waals surface area contributed by atoms with E-state index >= 15 is 0 Å². The molecule has 1 spiro atoms. The Morgan fingerprint density at radius 1 is 1.08 bits per heavy atom. The molecule has 25 heavy (non-hydrogen) atoms. The molecule has 130 valence electrons. The fourth-order valence-corrected chi connectivity index (χ4v) is 3.81. The number of aliphatic hydroxyl groups is 1. The molecule has 1 saturated heterocycles. The zero-order valence-electron chi connectivity index (χ0n) is 14.2. The molecule has 2 heterocycles. The van der Waals surface area contributed by atoms with Crippen molar-refractivity contribution < 1.29 is 9.50 Å². The van der Waals surface area contributed by atoms with Crippen LogP contribution >= 0.6 is 0 Å². The third kappa shape index (κ3) is 3.46. The van der Waals surface area contributed by atoms with Crippen LogP contribution in [0, 0.1) is 5.82 Å². The monoisotopic (exact) mass is 338 g/mol. The van der Waals surface area contributed by atoms with Crippen LogP contribution in [0.15, 0.2) is 60.7 Å². The quantitative estimate of drug-likeness (QED) is 0.816. The summed E-state index contributed by atoms with van der Waals surface area (Å²) in [5.74, 6) is -0.189. The molecule has 1 unspecified atom stereocenters. The molecule has 2 N–H and O–H groups in total. The lowest BCUT2D eigenvalue weighted by molar-refractivity contribution is 0.186. The van der Waals surface area contributed by atoms with Crippen LogP contribution in [0.25, 0.3) is 0 Å². The first-order chi connectivity index (χ1) is 12.1. The highest BCUT2D eigenvalue weighted by atomic mass is 19.1. The molecule has 2 aliphatic heterocycles. The smallest absolute Gasteiger partial charge is 0.123 e. The molecule has 0 bridgehead atoms. The fraction of sp³-hybridized carbons (Fsp3) is 0.333. The highest BCUT2D eigenvalue weighted by Gasteiger charge is 2.34. The molecule has 2 aliphatic rings. The first kappa shape index (κ1) is 16.3. The number of para-hydroxylation sites is 1. The van der Waals surface area contributed by atoms with Crippen molar-refractivity contribution in [2.24, 2.45) is 0 Å². The number of hydrogen-bond donors (Lipinski definition) is 2. The van der Waals surface area contributed by atoms with E-state index in [9.17, 15) is 9.50 Å². The van der Waals surface area contributed by atoms with Crippen molar-refractivity contribution in [3.8, 4) is 0 Å². The van der Waals surface area contributed by atoms with E-state index in [2.05, 4.69) is 16.3 Å². The predicted octanol–water partition coefficient (Wildman–Crippen LogP) is 3.88. The minimum Gasteiger partial charge on any atom is -0.384 e. The highest BCUT2D eigenvalue weighted by Crippen LogP contribution is 2.36. The summed E-state index contributed by atoms with van der Waals surface area (Å²) in [6.07, 6.45) is 5.46. The Hall–Kier alpha value is -2.17. The third-order valence-electron chi connectivity index (χ3n) is 5.33. The average Bonchev–Trinajstić information content (AvgIpc) is 2.77. The standard InChI is InChI=1S/C21H23FN2O/c22-17-7-5-16(6-8-17)15-24-13-11-21(12-14-24)10-9-20(25)18-3-1-2-4-19(18)23-21/h1-10,20,23,25H,11-15H2. The van der Waals surface area contributed by atoms with Gasteiger partial charge in [0.25, 0.3) is 0 Å². The van der Waals surface area contributed by atoms with Gasteiger partial charge in [-0.1, -0.05) is 42.5 Å². The summed E-state index contributed by atoms with van der Waals surface area (Å²) < 4.78 is 13.0. The van der Waals surface area contributed by atoms with E-state index in [1.165, 1.54) is 12.1 Å². The summed E-state index contributed by atoms with van der Waals surface area (Å²) in [7, 11) is 0. The summed E-state index contributed by atoms with van der Waals surface area (Å²) >= 11 is 0. The van der Waals surface area contributed by atoms with Gasteiger partial charge < -0.3 is 10.4 Å². The van der Waals surface area contributed by atoms with Crippen molar-refractivity contribution in [3.05, 3.63) is 77.6 Å². The maximum Gasteiger partial charge on any atom is 0.123 e. The van der Waals surface area contributed by atoms with E-state index in [-0.39, 0.29) is 11.4 Å². The molecule has 3 nitrogen and oxygen atoms in total. The number of nitrogens with one attached hydrogen (secondary N) is 1. The lowest BCUT2D eigenvalue weighted by atomic mass is 9.86. The van der Waals surface area contributed by atoms with E-state index in [0.29, 0.717) is 0 Å². The molecule has 4 rings (SSSR count). The number of likely N-dealkylation sites (tertiary alicyclic amines) is 1. The molecule has 2 aromatic rings. The molecule has 0 aromatic heterocycles. The summed E-state index contributed by atoms with van der Waals surface area (Å²) in [4.78, 5) is 2.40. The number of aliphatic hydroxyl groups excluding tert-OH is 1. The Morgan fingerprint density at radius 3 is 2.56 bits per heavy atom. The van der Waals surface area contributed by atoms with Crippen LogP contribution in [-0.2, 0) is 6.54 Å². The fourth-order valence-electron chi connectivity index (χ4n) is 3.81. The SMILES string of the molecule is OC1C=CC2(CCN(Cc3ccc(F)cc3)CC2)Nc2ccccc21. The molecule has 1 atom stereocenters. The number of fused-ring (bicyclic) bond motifs is 1. The molecule has 1 fully saturated rings. The first-order valence-electron chi connectivity index (χ1n) is 8.85. The number of halogens is 1. The normalized spacial score (nSPS) is 22.2. The molecule has 0 saturated carbocycles. The van der Waals surface area contributed by atoms with Crippen molar-refractivity contribution in [2.75, 3.05) is 18.4 Å². The van der Waals surface area contributed by atoms with Crippen LogP contribution < -0.4 is 5.32 Å². The third-order valence-corrected chi connectivity index (χ3v) is 5.33. The van der Waals surface area contributed by atoms with E-state index in [1.54, 1.807) is 0 Å². The maximum atomic E-state index is 13.0. The van der Waals surface area contributed by atoms with Crippen molar-refractivity contribution in [3.63, 3.8) is 0 Å². The number of benzene rings is 2. The Balaban J connectivity index is 1.45.